The Labute approximate surface area is 266 Å². The summed E-state index contributed by atoms with van der Waals surface area (Å²) in [7, 11) is 0. The number of nitrogens with zero attached hydrogens (tertiary/aromatic N) is 3. The van der Waals surface area contributed by atoms with Gasteiger partial charge < -0.3 is 0 Å². The van der Waals surface area contributed by atoms with Gasteiger partial charge in [0.15, 0.2) is 0 Å². The molecule has 2 heterocycles. The molecule has 0 aliphatic rings. The van der Waals surface area contributed by atoms with Crippen LogP contribution in [0.3, 0.4) is 0 Å². The van der Waals surface area contributed by atoms with E-state index in [1.165, 1.54) is 52.0 Å². The van der Waals surface area contributed by atoms with Gasteiger partial charge >= 0.3 is 267 Å². The first-order chi connectivity index (χ1) is 22.3. The molecular formula is C41H25N3Se. The molecule has 2 aromatic heterocycles. The van der Waals surface area contributed by atoms with Gasteiger partial charge in [-0.15, -0.1) is 0 Å². The Morgan fingerprint density at radius 3 is 1.58 bits per heavy atom. The number of rotatable bonds is 4. The quantitative estimate of drug-likeness (QED) is 0.142. The third-order valence-electron chi connectivity index (χ3n) is 8.51. The Balaban J connectivity index is 1.37. The normalized spacial score (nSPS) is 11.6. The van der Waals surface area contributed by atoms with Crippen LogP contribution in [-0.4, -0.2) is 29.5 Å². The van der Waals surface area contributed by atoms with Crippen molar-refractivity contribution in [2.75, 3.05) is 0 Å². The van der Waals surface area contributed by atoms with Crippen LogP contribution in [0.2, 0.25) is 0 Å². The van der Waals surface area contributed by atoms with Gasteiger partial charge in [-0.1, -0.05) is 0 Å². The van der Waals surface area contributed by atoms with E-state index in [-0.39, 0.29) is 14.5 Å². The number of benzene rings is 7. The van der Waals surface area contributed by atoms with Gasteiger partial charge in [-0.05, 0) is 0 Å². The van der Waals surface area contributed by atoms with E-state index in [0.29, 0.717) is 17.5 Å². The minimum atomic E-state index is 0.126. The first-order valence-electron chi connectivity index (χ1n) is 15.0. The van der Waals surface area contributed by atoms with Crippen molar-refractivity contribution >= 4 is 55.3 Å². The molecule has 9 rings (SSSR count). The average molecular weight is 639 g/mol. The van der Waals surface area contributed by atoms with E-state index < -0.39 is 0 Å². The maximum atomic E-state index is 5.13. The third kappa shape index (κ3) is 4.38. The molecule has 0 saturated carbocycles. The predicted octanol–water partition coefficient (Wildman–Crippen LogP) is 10.2. The van der Waals surface area contributed by atoms with Crippen molar-refractivity contribution in [3.8, 4) is 45.3 Å². The standard InChI is InChI=1S/C41H25N3Se/c1-4-13-26(14-5-1)31-21-12-22-33-34-24-23-32-35(25-29-19-10-11-20-30(29)36(32)38(34)45-37(31)33)41-43-39(27-15-6-2-7-16-27)42-40(44-41)28-17-8-3-9-18-28/h1-25H. The molecule has 0 aliphatic heterocycles. The van der Waals surface area contributed by atoms with E-state index in [2.05, 4.69) is 115 Å². The Kier molecular flexibility index (Phi) is 6.15. The van der Waals surface area contributed by atoms with Crippen molar-refractivity contribution in [2.24, 2.45) is 0 Å². The second-order valence-electron chi connectivity index (χ2n) is 11.2. The Bertz CT molecular complexity index is 2460. The maximum absolute atomic E-state index is 5.13. The first-order valence-corrected chi connectivity index (χ1v) is 16.8. The first kappa shape index (κ1) is 26.0. The van der Waals surface area contributed by atoms with Crippen LogP contribution in [0.25, 0.3) is 86.1 Å². The van der Waals surface area contributed by atoms with Gasteiger partial charge in [-0.25, -0.2) is 0 Å². The molecule has 0 fully saturated rings. The molecule has 0 bridgehead atoms. The van der Waals surface area contributed by atoms with Crippen molar-refractivity contribution in [3.63, 3.8) is 0 Å². The summed E-state index contributed by atoms with van der Waals surface area (Å²) in [6.45, 7) is 0. The second kappa shape index (κ2) is 10.6. The van der Waals surface area contributed by atoms with E-state index in [1.807, 2.05) is 36.4 Å². The predicted molar refractivity (Wildman–Crippen MR) is 189 cm³/mol. The van der Waals surface area contributed by atoms with Crippen LogP contribution in [0, 0.1) is 0 Å². The van der Waals surface area contributed by atoms with Gasteiger partial charge in [0.05, 0.1) is 0 Å². The van der Waals surface area contributed by atoms with Crippen molar-refractivity contribution in [3.05, 3.63) is 152 Å². The molecule has 0 aliphatic carbocycles. The molecule has 0 radical (unpaired) electrons. The number of hydrogen-bond donors (Lipinski definition) is 0. The van der Waals surface area contributed by atoms with E-state index in [1.54, 1.807) is 0 Å². The van der Waals surface area contributed by atoms with Crippen LogP contribution >= 0.6 is 0 Å². The summed E-state index contributed by atoms with van der Waals surface area (Å²) in [6.07, 6.45) is 0. The van der Waals surface area contributed by atoms with E-state index in [0.717, 1.165) is 16.7 Å². The molecule has 0 N–H and O–H groups in total. The molecule has 4 heteroatoms. The van der Waals surface area contributed by atoms with Gasteiger partial charge in [0.2, 0.25) is 0 Å². The molecule has 210 valence electrons. The topological polar surface area (TPSA) is 38.7 Å². The van der Waals surface area contributed by atoms with E-state index in [4.69, 9.17) is 15.0 Å². The summed E-state index contributed by atoms with van der Waals surface area (Å²) in [6, 6.07) is 53.5. The van der Waals surface area contributed by atoms with Gasteiger partial charge in [-0.3, -0.25) is 0 Å². The summed E-state index contributed by atoms with van der Waals surface area (Å²) < 4.78 is 2.88. The fourth-order valence-electron chi connectivity index (χ4n) is 6.40. The summed E-state index contributed by atoms with van der Waals surface area (Å²) in [4.78, 5) is 15.2. The van der Waals surface area contributed by atoms with E-state index >= 15 is 0 Å². The summed E-state index contributed by atoms with van der Waals surface area (Å²) in [5, 5.41) is 7.62. The number of aromatic nitrogens is 3. The molecule has 0 saturated heterocycles. The van der Waals surface area contributed by atoms with E-state index in [9.17, 15) is 0 Å². The van der Waals surface area contributed by atoms with Crippen LogP contribution in [-0.2, 0) is 0 Å². The molecule has 45 heavy (non-hydrogen) atoms. The molecule has 0 amide bonds. The molecule has 7 aromatic carbocycles. The molecule has 3 nitrogen and oxygen atoms in total. The molecule has 0 atom stereocenters. The van der Waals surface area contributed by atoms with Crippen LogP contribution in [0.1, 0.15) is 0 Å². The second-order valence-corrected chi connectivity index (χ2v) is 13.3. The molecular weight excluding hydrogens is 613 g/mol. The Morgan fingerprint density at radius 2 is 0.889 bits per heavy atom. The Morgan fingerprint density at radius 1 is 0.356 bits per heavy atom. The zero-order valence-corrected chi connectivity index (χ0v) is 25.9. The van der Waals surface area contributed by atoms with Crippen molar-refractivity contribution in [1.29, 1.82) is 0 Å². The van der Waals surface area contributed by atoms with Crippen LogP contribution in [0.15, 0.2) is 152 Å². The summed E-state index contributed by atoms with van der Waals surface area (Å²) >= 11 is 0.126. The van der Waals surface area contributed by atoms with Crippen molar-refractivity contribution in [2.45, 2.75) is 0 Å². The zero-order chi connectivity index (χ0) is 29.7. The monoisotopic (exact) mass is 639 g/mol. The average Bonchev–Trinajstić information content (AvgIpc) is 3.51. The van der Waals surface area contributed by atoms with Crippen LogP contribution in [0.5, 0.6) is 0 Å². The van der Waals surface area contributed by atoms with Crippen molar-refractivity contribution < 1.29 is 0 Å². The fourth-order valence-corrected chi connectivity index (χ4v) is 9.33. The third-order valence-corrected chi connectivity index (χ3v) is 11.2. The Hall–Kier alpha value is -5.41. The summed E-state index contributed by atoms with van der Waals surface area (Å²) in [5.74, 6) is 2.03. The summed E-state index contributed by atoms with van der Waals surface area (Å²) in [5.41, 5.74) is 5.56. The fraction of sp³-hybridized carbons (Fsp3) is 0. The van der Waals surface area contributed by atoms with Gasteiger partial charge in [0.1, 0.15) is 0 Å². The minimum absolute atomic E-state index is 0.126. The SMILES string of the molecule is c1ccc(-c2nc(-c3ccccc3)nc(-c3cc4ccccc4c4c3ccc3c5cccc(-c6ccccc6)c5[se]c34)n2)cc1. The van der Waals surface area contributed by atoms with Gasteiger partial charge in [0.25, 0.3) is 0 Å². The van der Waals surface area contributed by atoms with Gasteiger partial charge in [0, 0.05) is 0 Å². The van der Waals surface area contributed by atoms with Gasteiger partial charge in [-0.2, -0.15) is 0 Å². The molecule has 0 spiro atoms. The zero-order valence-electron chi connectivity index (χ0n) is 24.2. The van der Waals surface area contributed by atoms with Crippen LogP contribution < -0.4 is 0 Å². The molecule has 0 unspecified atom stereocenters. The number of hydrogen-bond acceptors (Lipinski definition) is 3. The van der Waals surface area contributed by atoms with Crippen LogP contribution in [0.4, 0.5) is 0 Å². The van der Waals surface area contributed by atoms with Crippen molar-refractivity contribution in [1.82, 2.24) is 15.0 Å². The molecule has 9 aromatic rings. The number of fused-ring (bicyclic) bond motifs is 7.